The van der Waals surface area contributed by atoms with Gasteiger partial charge in [0.15, 0.2) is 15.4 Å². The number of rotatable bonds is 5. The first kappa shape index (κ1) is 19.7. The molecular weight excluding hydrogens is 380 g/mol. The molecule has 7 heteroatoms. The lowest BCUT2D eigenvalue weighted by Crippen LogP contribution is -2.24. The first-order valence-corrected chi connectivity index (χ1v) is 9.72. The summed E-state index contributed by atoms with van der Waals surface area (Å²) in [6.45, 7) is 3.77. The molecule has 0 radical (unpaired) electrons. The van der Waals surface area contributed by atoms with Crippen molar-refractivity contribution in [2.45, 2.75) is 24.6 Å². The van der Waals surface area contributed by atoms with Crippen LogP contribution in [0.25, 0.3) is 0 Å². The molecule has 2 aromatic rings. The third-order valence-electron chi connectivity index (χ3n) is 3.75. The fourth-order valence-electron chi connectivity index (χ4n) is 2.68. The molecule has 3 N–H and O–H groups in total. The largest absolute Gasteiger partial charge is 0.626 e. The van der Waals surface area contributed by atoms with E-state index >= 15 is 0 Å². The van der Waals surface area contributed by atoms with Gasteiger partial charge in [0, 0.05) is 11.1 Å². The monoisotopic (exact) mass is 397 g/mol. The third kappa shape index (κ3) is 4.16. The van der Waals surface area contributed by atoms with Gasteiger partial charge in [0.1, 0.15) is 5.75 Å². The summed E-state index contributed by atoms with van der Waals surface area (Å²) in [4.78, 5) is 23.9. The Bertz CT molecular complexity index is 835. The summed E-state index contributed by atoms with van der Waals surface area (Å²) in [5.41, 5.74) is 6.53. The lowest BCUT2D eigenvalue weighted by atomic mass is 10.0. The zero-order valence-electron chi connectivity index (χ0n) is 13.7. The van der Waals surface area contributed by atoms with Crippen LogP contribution in [0.15, 0.2) is 42.5 Å². The molecule has 0 aromatic heterocycles. The highest BCUT2D eigenvalue weighted by Crippen LogP contribution is 2.33. The second-order valence-corrected chi connectivity index (χ2v) is 8.40. The van der Waals surface area contributed by atoms with Crippen LogP contribution in [0.2, 0.25) is 0 Å². The number of benzene rings is 2. The molecule has 0 bridgehead atoms. The Morgan fingerprint density at radius 2 is 1.72 bits per heavy atom. The first-order valence-electron chi connectivity index (χ1n) is 7.59. The number of phenols is 1. The van der Waals surface area contributed by atoms with Crippen molar-refractivity contribution in [1.29, 1.82) is 0 Å². The van der Waals surface area contributed by atoms with Gasteiger partial charge >= 0.3 is 0 Å². The number of hydrogen-bond acceptors (Lipinski definition) is 3. The third-order valence-corrected chi connectivity index (χ3v) is 6.26. The second kappa shape index (κ2) is 8.20. The van der Waals surface area contributed by atoms with Crippen molar-refractivity contribution in [3.63, 3.8) is 0 Å². The number of phenolic OH excluding ortho intramolecular Hbond substituents is 1. The van der Waals surface area contributed by atoms with E-state index in [1.807, 2.05) is 13.8 Å². The van der Waals surface area contributed by atoms with Crippen LogP contribution in [-0.4, -0.2) is 21.1 Å². The maximum absolute atomic E-state index is 13.3. The quantitative estimate of drug-likeness (QED) is 0.600. The smallest absolute Gasteiger partial charge is 0.249 e. The topological polar surface area (TPSA) is 86.4 Å². The van der Waals surface area contributed by atoms with Crippen LogP contribution >= 0.6 is 31.0 Å². The fourth-order valence-corrected chi connectivity index (χ4v) is 5.11. The van der Waals surface area contributed by atoms with Gasteiger partial charge in [0.2, 0.25) is 5.91 Å². The molecule has 0 heterocycles. The summed E-state index contributed by atoms with van der Waals surface area (Å²) in [5.74, 6) is -0.670. The standard InChI is InChI=1S/C18H18Cl2NO3P/c1-10(2)15-13(22)8-5-9-14(15)25(24)16(17(19)20)11-6-3-4-7-12(11)18(21)23/h3-10,17,22H,1-2H3,(H2,21,23). The Kier molecular flexibility index (Phi) is 6.47. The van der Waals surface area contributed by atoms with Gasteiger partial charge in [-0.25, -0.2) is 0 Å². The van der Waals surface area contributed by atoms with Crippen molar-refractivity contribution >= 4 is 47.5 Å². The van der Waals surface area contributed by atoms with Crippen molar-refractivity contribution in [2.75, 3.05) is 0 Å². The lowest BCUT2D eigenvalue weighted by Gasteiger charge is -2.16. The molecular formula is C18H18Cl2NO3P. The molecule has 2 aromatic carbocycles. The average molecular weight is 398 g/mol. The normalized spacial score (nSPS) is 12.4. The minimum atomic E-state index is -2.23. The van der Waals surface area contributed by atoms with E-state index in [0.29, 0.717) is 16.4 Å². The number of halogens is 2. The predicted octanol–water partition coefficient (Wildman–Crippen LogP) is 3.02. The predicted molar refractivity (Wildman–Crippen MR) is 103 cm³/mol. The Morgan fingerprint density at radius 3 is 2.24 bits per heavy atom. The van der Waals surface area contributed by atoms with Crippen LogP contribution in [0.5, 0.6) is 5.75 Å². The van der Waals surface area contributed by atoms with Crippen molar-refractivity contribution in [3.05, 3.63) is 59.2 Å². The van der Waals surface area contributed by atoms with Crippen LogP contribution < -0.4 is 15.9 Å². The van der Waals surface area contributed by atoms with Gasteiger partial charge < -0.3 is 15.7 Å². The van der Waals surface area contributed by atoms with Gasteiger partial charge in [-0.15, -0.1) is 0 Å². The van der Waals surface area contributed by atoms with E-state index < -0.39 is 18.5 Å². The minimum absolute atomic E-state index is 0.0547. The highest BCUT2D eigenvalue weighted by molar-refractivity contribution is 7.61. The number of aromatic hydroxyl groups is 1. The molecule has 0 saturated heterocycles. The fraction of sp³-hybridized carbons (Fsp3) is 0.222. The number of alkyl halides is 2. The highest BCUT2D eigenvalue weighted by Gasteiger charge is 2.28. The van der Waals surface area contributed by atoms with Crippen molar-refractivity contribution < 1.29 is 14.8 Å². The summed E-state index contributed by atoms with van der Waals surface area (Å²) in [6.07, 6.45) is 0. The number of nitrogens with two attached hydrogens (primary N) is 1. The number of carbonyl (C=O) groups is 1. The average Bonchev–Trinajstić information content (AvgIpc) is 2.54. The van der Waals surface area contributed by atoms with E-state index in [2.05, 4.69) is 0 Å². The van der Waals surface area contributed by atoms with Crippen LogP contribution in [0.4, 0.5) is 0 Å². The molecule has 1 unspecified atom stereocenters. The second-order valence-electron chi connectivity index (χ2n) is 5.75. The summed E-state index contributed by atoms with van der Waals surface area (Å²) >= 11 is 12.2. The van der Waals surface area contributed by atoms with E-state index in [1.165, 1.54) is 12.1 Å². The van der Waals surface area contributed by atoms with E-state index in [9.17, 15) is 14.8 Å². The van der Waals surface area contributed by atoms with Crippen LogP contribution in [0.1, 0.15) is 41.3 Å². The Morgan fingerprint density at radius 1 is 1.12 bits per heavy atom. The molecule has 0 aliphatic heterocycles. The summed E-state index contributed by atoms with van der Waals surface area (Å²) in [7, 11) is -2.23. The Labute approximate surface area is 157 Å². The molecule has 2 rings (SSSR count). The minimum Gasteiger partial charge on any atom is -0.626 e. The lowest BCUT2D eigenvalue weighted by molar-refractivity contribution is -0.149. The van der Waals surface area contributed by atoms with Gasteiger partial charge in [-0.3, -0.25) is 4.79 Å². The van der Waals surface area contributed by atoms with Crippen molar-refractivity contribution in [1.82, 2.24) is 0 Å². The Hall–Kier alpha value is -1.58. The number of carbonyl (C=O) groups excluding carboxylic acids is 1. The molecule has 1 atom stereocenters. The van der Waals surface area contributed by atoms with Crippen LogP contribution in [0, 0.1) is 0 Å². The molecule has 0 spiro atoms. The molecule has 1 amide bonds. The van der Waals surface area contributed by atoms with Gasteiger partial charge in [-0.2, -0.15) is 0 Å². The number of hydrogen-bond donors (Lipinski definition) is 2. The highest BCUT2D eigenvalue weighted by atomic mass is 35.5. The van der Waals surface area contributed by atoms with Crippen LogP contribution in [0.3, 0.4) is 0 Å². The van der Waals surface area contributed by atoms with Gasteiger partial charge in [0.25, 0.3) is 0 Å². The summed E-state index contributed by atoms with van der Waals surface area (Å²) < 4.78 is 0. The molecule has 132 valence electrons. The molecule has 0 fully saturated rings. The molecule has 0 aliphatic carbocycles. The molecule has 0 aliphatic rings. The van der Waals surface area contributed by atoms with Gasteiger partial charge in [-0.1, -0.05) is 55.2 Å². The molecule has 4 nitrogen and oxygen atoms in total. The van der Waals surface area contributed by atoms with Crippen molar-refractivity contribution in [3.8, 4) is 5.75 Å². The van der Waals surface area contributed by atoms with Crippen LogP contribution in [-0.2, 0) is 0 Å². The SMILES string of the molecule is CC(C)c1c(O)cccc1/[P+]([O-])=C(/c1ccccc1C(N)=O)C(Cl)Cl. The summed E-state index contributed by atoms with van der Waals surface area (Å²) in [6, 6.07) is 11.3. The van der Waals surface area contributed by atoms with E-state index in [-0.39, 0.29) is 22.5 Å². The summed E-state index contributed by atoms with van der Waals surface area (Å²) in [5, 5.41) is 10.8. The first-order chi connectivity index (χ1) is 11.8. The maximum Gasteiger partial charge on any atom is 0.249 e. The van der Waals surface area contributed by atoms with E-state index in [4.69, 9.17) is 28.9 Å². The zero-order chi connectivity index (χ0) is 18.7. The maximum atomic E-state index is 13.3. The number of amides is 1. The van der Waals surface area contributed by atoms with Gasteiger partial charge in [-0.05, 0) is 30.2 Å². The molecule has 25 heavy (non-hydrogen) atoms. The van der Waals surface area contributed by atoms with Gasteiger partial charge in [0.05, 0.1) is 13.3 Å². The van der Waals surface area contributed by atoms with Crippen molar-refractivity contribution in [2.24, 2.45) is 5.73 Å². The number of primary amides is 1. The Balaban J connectivity index is 2.82. The zero-order valence-corrected chi connectivity index (χ0v) is 16.1. The van der Waals surface area contributed by atoms with E-state index in [0.717, 1.165) is 0 Å². The molecule has 0 saturated carbocycles. The van der Waals surface area contributed by atoms with E-state index in [1.54, 1.807) is 30.3 Å².